The van der Waals surface area contributed by atoms with Crippen LogP contribution in [0.5, 0.6) is 5.75 Å². The molecular formula is C24H31ClF2O3. The standard InChI is InChI=1S/C22H25ClF2O3.C2H6/c1-2-28-19-6-3-14(4-7-19)9-16-10-15(5-8-21(16)23)20-12-18(27)11-17(13-26)22(20,24)25;1-2/h3-8,10,17-18,20,26-27H,2,9,11-13H2,1H3;1-2H3. The Labute approximate surface area is 182 Å². The molecule has 0 amide bonds. The van der Waals surface area contributed by atoms with Gasteiger partial charge in [0.1, 0.15) is 5.75 Å². The fourth-order valence-corrected chi connectivity index (χ4v) is 4.07. The van der Waals surface area contributed by atoms with Gasteiger partial charge in [0.05, 0.1) is 25.2 Å². The molecule has 0 spiro atoms. The summed E-state index contributed by atoms with van der Waals surface area (Å²) < 4.78 is 35.1. The summed E-state index contributed by atoms with van der Waals surface area (Å²) in [6, 6.07) is 12.5. The Bertz CT molecular complexity index is 796. The van der Waals surface area contributed by atoms with Crippen LogP contribution in [0.4, 0.5) is 8.78 Å². The van der Waals surface area contributed by atoms with E-state index in [0.29, 0.717) is 23.6 Å². The van der Waals surface area contributed by atoms with E-state index in [4.69, 9.17) is 16.3 Å². The molecule has 0 aliphatic heterocycles. The highest BCUT2D eigenvalue weighted by Gasteiger charge is 2.52. The van der Waals surface area contributed by atoms with Crippen molar-refractivity contribution in [2.45, 2.75) is 58.0 Å². The second-order valence-electron chi connectivity index (χ2n) is 7.34. The summed E-state index contributed by atoms with van der Waals surface area (Å²) in [5.74, 6) is -4.70. The second-order valence-corrected chi connectivity index (χ2v) is 7.74. The first-order valence-corrected chi connectivity index (χ1v) is 10.9. The number of aliphatic hydroxyl groups excluding tert-OH is 2. The Balaban J connectivity index is 0.00000155. The molecule has 0 aromatic heterocycles. The third kappa shape index (κ3) is 5.71. The fraction of sp³-hybridized carbons (Fsp3) is 0.500. The van der Waals surface area contributed by atoms with Gasteiger partial charge in [-0.15, -0.1) is 0 Å². The topological polar surface area (TPSA) is 49.7 Å². The van der Waals surface area contributed by atoms with Crippen molar-refractivity contribution >= 4 is 11.6 Å². The van der Waals surface area contributed by atoms with E-state index in [-0.39, 0.29) is 12.8 Å². The van der Waals surface area contributed by atoms with Crippen LogP contribution in [0.2, 0.25) is 5.02 Å². The predicted molar refractivity (Wildman–Crippen MR) is 117 cm³/mol. The number of aliphatic hydroxyl groups is 2. The summed E-state index contributed by atoms with van der Waals surface area (Å²) >= 11 is 6.32. The van der Waals surface area contributed by atoms with Crippen LogP contribution in [0.25, 0.3) is 0 Å². The molecule has 2 aromatic rings. The van der Waals surface area contributed by atoms with Gasteiger partial charge in [-0.1, -0.05) is 49.7 Å². The summed E-state index contributed by atoms with van der Waals surface area (Å²) in [5.41, 5.74) is 2.18. The monoisotopic (exact) mass is 440 g/mol. The van der Waals surface area contributed by atoms with Crippen LogP contribution in [0, 0.1) is 5.92 Å². The molecule has 2 aromatic carbocycles. The van der Waals surface area contributed by atoms with Crippen molar-refractivity contribution in [3.63, 3.8) is 0 Å². The van der Waals surface area contributed by atoms with Crippen molar-refractivity contribution in [2.24, 2.45) is 5.92 Å². The largest absolute Gasteiger partial charge is 0.494 e. The lowest BCUT2D eigenvalue weighted by Gasteiger charge is -2.40. The summed E-state index contributed by atoms with van der Waals surface area (Å²) in [5, 5.41) is 19.9. The molecule has 3 rings (SSSR count). The minimum atomic E-state index is -3.09. The van der Waals surface area contributed by atoms with Gasteiger partial charge in [-0.2, -0.15) is 0 Å². The predicted octanol–water partition coefficient (Wildman–Crippen LogP) is 5.84. The third-order valence-corrected chi connectivity index (χ3v) is 5.76. The average molecular weight is 441 g/mol. The molecule has 1 fully saturated rings. The number of benzene rings is 2. The lowest BCUT2D eigenvalue weighted by Crippen LogP contribution is -2.45. The van der Waals surface area contributed by atoms with Gasteiger partial charge in [-0.05, 0) is 61.1 Å². The minimum absolute atomic E-state index is 0.0341. The van der Waals surface area contributed by atoms with Gasteiger partial charge in [0.15, 0.2) is 0 Å². The van der Waals surface area contributed by atoms with Crippen LogP contribution in [0.15, 0.2) is 42.5 Å². The molecule has 166 valence electrons. The van der Waals surface area contributed by atoms with E-state index in [1.165, 1.54) is 0 Å². The Morgan fingerprint density at radius 3 is 2.37 bits per heavy atom. The average Bonchev–Trinajstić information content (AvgIpc) is 2.74. The van der Waals surface area contributed by atoms with E-state index < -0.39 is 30.5 Å². The van der Waals surface area contributed by atoms with Crippen molar-refractivity contribution < 1.29 is 23.7 Å². The summed E-state index contributed by atoms with van der Waals surface area (Å²) in [6.45, 7) is 5.86. The van der Waals surface area contributed by atoms with Crippen molar-refractivity contribution in [3.05, 3.63) is 64.2 Å². The molecule has 1 aliphatic carbocycles. The SMILES string of the molecule is CC.CCOc1ccc(Cc2cc(C3CC(O)CC(CO)C3(F)F)ccc2Cl)cc1. The van der Waals surface area contributed by atoms with Crippen molar-refractivity contribution in [1.29, 1.82) is 0 Å². The van der Waals surface area contributed by atoms with Gasteiger partial charge in [0.25, 0.3) is 5.92 Å². The lowest BCUT2D eigenvalue weighted by molar-refractivity contribution is -0.142. The molecule has 30 heavy (non-hydrogen) atoms. The maximum atomic E-state index is 14.9. The van der Waals surface area contributed by atoms with E-state index in [1.54, 1.807) is 18.2 Å². The van der Waals surface area contributed by atoms with Crippen molar-refractivity contribution in [3.8, 4) is 5.75 Å². The van der Waals surface area contributed by atoms with Crippen LogP contribution in [0.3, 0.4) is 0 Å². The quantitative estimate of drug-likeness (QED) is 0.593. The Morgan fingerprint density at radius 2 is 1.77 bits per heavy atom. The molecular weight excluding hydrogens is 410 g/mol. The van der Waals surface area contributed by atoms with Crippen LogP contribution in [-0.2, 0) is 6.42 Å². The molecule has 1 saturated carbocycles. The summed E-state index contributed by atoms with van der Waals surface area (Å²) in [7, 11) is 0. The van der Waals surface area contributed by atoms with Crippen LogP contribution in [0.1, 0.15) is 56.2 Å². The number of alkyl halides is 2. The Kier molecular flexibility index (Phi) is 9.08. The maximum Gasteiger partial charge on any atom is 0.260 e. The van der Waals surface area contributed by atoms with E-state index in [9.17, 15) is 19.0 Å². The number of hydrogen-bond donors (Lipinski definition) is 2. The first kappa shape index (κ1) is 24.6. The third-order valence-electron chi connectivity index (χ3n) is 5.39. The molecule has 3 unspecified atom stereocenters. The minimum Gasteiger partial charge on any atom is -0.494 e. The Morgan fingerprint density at radius 1 is 1.10 bits per heavy atom. The fourth-order valence-electron chi connectivity index (χ4n) is 3.89. The maximum absolute atomic E-state index is 14.9. The van der Waals surface area contributed by atoms with Gasteiger partial charge in [-0.3, -0.25) is 0 Å². The molecule has 0 heterocycles. The smallest absolute Gasteiger partial charge is 0.260 e. The zero-order chi connectivity index (χ0) is 22.3. The highest BCUT2D eigenvalue weighted by molar-refractivity contribution is 6.31. The second kappa shape index (κ2) is 11.1. The van der Waals surface area contributed by atoms with Crippen molar-refractivity contribution in [1.82, 2.24) is 0 Å². The van der Waals surface area contributed by atoms with Gasteiger partial charge in [0, 0.05) is 10.9 Å². The van der Waals surface area contributed by atoms with Gasteiger partial charge in [0.2, 0.25) is 0 Å². The number of halogens is 3. The van der Waals surface area contributed by atoms with Crippen LogP contribution in [-0.4, -0.2) is 35.5 Å². The van der Waals surface area contributed by atoms with Gasteiger partial charge in [-0.25, -0.2) is 8.78 Å². The van der Waals surface area contributed by atoms with Crippen molar-refractivity contribution in [2.75, 3.05) is 13.2 Å². The van der Waals surface area contributed by atoms with E-state index in [1.807, 2.05) is 45.0 Å². The number of ether oxygens (including phenoxy) is 1. The molecule has 6 heteroatoms. The Hall–Kier alpha value is -1.69. The summed E-state index contributed by atoms with van der Waals surface area (Å²) in [6.07, 6.45) is -0.476. The lowest BCUT2D eigenvalue weighted by atomic mass is 9.73. The molecule has 1 aliphatic rings. The number of hydrogen-bond acceptors (Lipinski definition) is 3. The molecule has 3 atom stereocenters. The summed E-state index contributed by atoms with van der Waals surface area (Å²) in [4.78, 5) is 0. The highest BCUT2D eigenvalue weighted by Crippen LogP contribution is 2.48. The zero-order valence-corrected chi connectivity index (χ0v) is 18.5. The van der Waals surface area contributed by atoms with E-state index in [0.717, 1.165) is 16.9 Å². The highest BCUT2D eigenvalue weighted by atomic mass is 35.5. The molecule has 0 radical (unpaired) electrons. The van der Waals surface area contributed by atoms with Gasteiger partial charge >= 0.3 is 0 Å². The van der Waals surface area contributed by atoms with E-state index in [2.05, 4.69) is 0 Å². The van der Waals surface area contributed by atoms with Crippen LogP contribution >= 0.6 is 11.6 Å². The first-order valence-electron chi connectivity index (χ1n) is 10.5. The van der Waals surface area contributed by atoms with Crippen LogP contribution < -0.4 is 4.74 Å². The molecule has 2 N–H and O–H groups in total. The molecule has 0 bridgehead atoms. The normalized spacial score (nSPS) is 22.7. The molecule has 0 saturated heterocycles. The molecule has 3 nitrogen and oxygen atoms in total. The number of rotatable bonds is 6. The van der Waals surface area contributed by atoms with E-state index >= 15 is 0 Å². The first-order chi connectivity index (χ1) is 14.3. The van der Waals surface area contributed by atoms with Gasteiger partial charge < -0.3 is 14.9 Å². The zero-order valence-electron chi connectivity index (χ0n) is 17.7.